The Balaban J connectivity index is 0.00000288. The van der Waals surface area contributed by atoms with Gasteiger partial charge in [-0.2, -0.15) is 0 Å². The number of aromatic nitrogens is 1. The van der Waals surface area contributed by atoms with Crippen LogP contribution >= 0.6 is 35.3 Å². The summed E-state index contributed by atoms with van der Waals surface area (Å²) in [5.74, 6) is 0.786. The second-order valence-corrected chi connectivity index (χ2v) is 6.48. The number of aliphatic hydroxyl groups is 1. The summed E-state index contributed by atoms with van der Waals surface area (Å²) in [6, 6.07) is 7.82. The maximum atomic E-state index is 9.37. The van der Waals surface area contributed by atoms with Crippen LogP contribution in [0.3, 0.4) is 0 Å². The van der Waals surface area contributed by atoms with Gasteiger partial charge in [-0.15, -0.1) is 35.3 Å². The molecule has 1 heterocycles. The van der Waals surface area contributed by atoms with Crippen LogP contribution in [-0.2, 0) is 19.6 Å². The first-order valence-corrected chi connectivity index (χ1v) is 8.65. The molecule has 0 radical (unpaired) electrons. The molecule has 24 heavy (non-hydrogen) atoms. The molecule has 0 unspecified atom stereocenters. The highest BCUT2D eigenvalue weighted by Crippen LogP contribution is 2.11. The lowest BCUT2D eigenvalue weighted by Crippen LogP contribution is -2.38. The topological polar surface area (TPSA) is 69.5 Å². The van der Waals surface area contributed by atoms with Crippen LogP contribution in [0.15, 0.2) is 35.5 Å². The fourth-order valence-electron chi connectivity index (χ4n) is 2.18. The molecule has 0 aliphatic rings. The summed E-state index contributed by atoms with van der Waals surface area (Å²) in [6.07, 6.45) is 2.79. The van der Waals surface area contributed by atoms with E-state index in [0.29, 0.717) is 6.54 Å². The van der Waals surface area contributed by atoms with Gasteiger partial charge in [0.05, 0.1) is 18.2 Å². The first-order valence-electron chi connectivity index (χ1n) is 7.84. The zero-order valence-electron chi connectivity index (χ0n) is 14.1. The van der Waals surface area contributed by atoms with Crippen molar-refractivity contribution < 1.29 is 5.11 Å². The van der Waals surface area contributed by atoms with Crippen molar-refractivity contribution in [2.45, 2.75) is 33.4 Å². The molecule has 0 aliphatic carbocycles. The van der Waals surface area contributed by atoms with Crippen LogP contribution in [0.4, 0.5) is 0 Å². The van der Waals surface area contributed by atoms with Crippen molar-refractivity contribution in [3.05, 3.63) is 51.5 Å². The van der Waals surface area contributed by atoms with E-state index in [4.69, 9.17) is 0 Å². The lowest BCUT2D eigenvalue weighted by atomic mass is 10.1. The Bertz CT molecular complexity index is 645. The molecule has 0 spiro atoms. The third-order valence-electron chi connectivity index (χ3n) is 3.34. The van der Waals surface area contributed by atoms with Crippen LogP contribution in [0, 0.1) is 6.92 Å². The van der Waals surface area contributed by atoms with E-state index >= 15 is 0 Å². The SMILES string of the molecule is CCNC(=NCc1ccccc1CO)NCCc1ncc(C)s1.I. The molecule has 1 aromatic heterocycles. The molecule has 5 nitrogen and oxygen atoms in total. The third-order valence-corrected chi connectivity index (χ3v) is 4.31. The van der Waals surface area contributed by atoms with Crippen molar-refractivity contribution in [3.8, 4) is 0 Å². The highest BCUT2D eigenvalue weighted by molar-refractivity contribution is 14.0. The van der Waals surface area contributed by atoms with E-state index in [2.05, 4.69) is 27.5 Å². The maximum absolute atomic E-state index is 9.37. The van der Waals surface area contributed by atoms with Crippen LogP contribution in [0.25, 0.3) is 0 Å². The van der Waals surface area contributed by atoms with Gasteiger partial charge < -0.3 is 15.7 Å². The number of aryl methyl sites for hydroxylation is 1. The second-order valence-electron chi connectivity index (χ2n) is 5.16. The molecule has 3 N–H and O–H groups in total. The van der Waals surface area contributed by atoms with Gasteiger partial charge >= 0.3 is 0 Å². The van der Waals surface area contributed by atoms with Crippen molar-refractivity contribution in [1.29, 1.82) is 0 Å². The summed E-state index contributed by atoms with van der Waals surface area (Å²) in [5.41, 5.74) is 1.97. The van der Waals surface area contributed by atoms with Crippen molar-refractivity contribution in [2.24, 2.45) is 4.99 Å². The molecular formula is C17H25IN4OS. The Hall–Kier alpha value is -1.19. The minimum absolute atomic E-state index is 0. The molecule has 0 atom stereocenters. The van der Waals surface area contributed by atoms with E-state index in [1.807, 2.05) is 37.4 Å². The summed E-state index contributed by atoms with van der Waals surface area (Å²) >= 11 is 1.73. The molecule has 0 bridgehead atoms. The Morgan fingerprint density at radius 1 is 1.25 bits per heavy atom. The van der Waals surface area contributed by atoms with Crippen LogP contribution in [0.1, 0.15) is 27.9 Å². The van der Waals surface area contributed by atoms with E-state index in [0.717, 1.165) is 41.6 Å². The summed E-state index contributed by atoms with van der Waals surface area (Å²) in [7, 11) is 0. The molecule has 0 fully saturated rings. The number of nitrogens with zero attached hydrogens (tertiary/aromatic N) is 2. The predicted molar refractivity (Wildman–Crippen MR) is 111 cm³/mol. The van der Waals surface area contributed by atoms with E-state index < -0.39 is 0 Å². The Morgan fingerprint density at radius 3 is 2.62 bits per heavy atom. The van der Waals surface area contributed by atoms with Crippen LogP contribution in [-0.4, -0.2) is 29.1 Å². The van der Waals surface area contributed by atoms with Gasteiger partial charge in [-0.05, 0) is 25.0 Å². The smallest absolute Gasteiger partial charge is 0.191 e. The Kier molecular flexibility index (Phi) is 9.89. The standard InChI is InChI=1S/C17H24N4OS.HI/c1-3-18-17(19-9-8-16-20-10-13(2)23-16)21-11-14-6-4-5-7-15(14)12-22;/h4-7,10,22H,3,8-9,11-12H2,1-2H3,(H2,18,19,21);1H. The quantitative estimate of drug-likeness (QED) is 0.338. The lowest BCUT2D eigenvalue weighted by molar-refractivity contribution is 0.280. The number of rotatable bonds is 7. The number of hydrogen-bond donors (Lipinski definition) is 3. The van der Waals surface area contributed by atoms with E-state index in [1.54, 1.807) is 11.3 Å². The number of nitrogens with one attached hydrogen (secondary N) is 2. The number of aliphatic hydroxyl groups excluding tert-OH is 1. The summed E-state index contributed by atoms with van der Waals surface area (Å²) in [6.45, 7) is 6.30. The minimum atomic E-state index is 0. The average molecular weight is 460 g/mol. The molecule has 0 aliphatic heterocycles. The number of halogens is 1. The monoisotopic (exact) mass is 460 g/mol. The van der Waals surface area contributed by atoms with Gasteiger partial charge in [-0.1, -0.05) is 24.3 Å². The van der Waals surface area contributed by atoms with Crippen molar-refractivity contribution in [3.63, 3.8) is 0 Å². The molecule has 2 rings (SSSR count). The summed E-state index contributed by atoms with van der Waals surface area (Å²) in [4.78, 5) is 10.2. The number of thiazole rings is 1. The minimum Gasteiger partial charge on any atom is -0.392 e. The molecule has 132 valence electrons. The van der Waals surface area contributed by atoms with E-state index in [-0.39, 0.29) is 30.6 Å². The average Bonchev–Trinajstić information content (AvgIpc) is 2.98. The second kappa shape index (κ2) is 11.4. The molecule has 0 saturated heterocycles. The summed E-state index contributed by atoms with van der Waals surface area (Å²) in [5, 5.41) is 17.1. The van der Waals surface area contributed by atoms with Crippen molar-refractivity contribution in [1.82, 2.24) is 15.6 Å². The number of benzene rings is 1. The van der Waals surface area contributed by atoms with E-state index in [9.17, 15) is 5.11 Å². The molecule has 0 amide bonds. The molecule has 1 aromatic carbocycles. The van der Waals surface area contributed by atoms with E-state index in [1.165, 1.54) is 4.88 Å². The van der Waals surface area contributed by atoms with Crippen molar-refractivity contribution >= 4 is 41.3 Å². The number of hydrogen-bond acceptors (Lipinski definition) is 4. The maximum Gasteiger partial charge on any atom is 0.191 e. The highest BCUT2D eigenvalue weighted by Gasteiger charge is 2.03. The van der Waals surface area contributed by atoms with Gasteiger partial charge in [0.1, 0.15) is 0 Å². The van der Waals surface area contributed by atoms with Gasteiger partial charge in [0.25, 0.3) is 0 Å². The Labute approximate surface area is 164 Å². The summed E-state index contributed by atoms with van der Waals surface area (Å²) < 4.78 is 0. The molecule has 2 aromatic rings. The molecule has 7 heteroatoms. The molecule has 0 saturated carbocycles. The number of aliphatic imine (C=N–C) groups is 1. The van der Waals surface area contributed by atoms with Crippen LogP contribution in [0.2, 0.25) is 0 Å². The Morgan fingerprint density at radius 2 is 2.00 bits per heavy atom. The van der Waals surface area contributed by atoms with Gasteiger partial charge in [0, 0.05) is 30.6 Å². The van der Waals surface area contributed by atoms with Gasteiger partial charge in [0.2, 0.25) is 0 Å². The van der Waals surface area contributed by atoms with Gasteiger partial charge in [-0.3, -0.25) is 0 Å². The lowest BCUT2D eigenvalue weighted by Gasteiger charge is -2.11. The zero-order valence-corrected chi connectivity index (χ0v) is 17.2. The fourth-order valence-corrected chi connectivity index (χ4v) is 2.96. The van der Waals surface area contributed by atoms with Crippen LogP contribution in [0.5, 0.6) is 0 Å². The van der Waals surface area contributed by atoms with Crippen molar-refractivity contribution in [2.75, 3.05) is 13.1 Å². The normalized spacial score (nSPS) is 11.0. The van der Waals surface area contributed by atoms with Gasteiger partial charge in [-0.25, -0.2) is 9.98 Å². The first-order chi connectivity index (χ1) is 11.2. The zero-order chi connectivity index (χ0) is 16.5. The largest absolute Gasteiger partial charge is 0.392 e. The highest BCUT2D eigenvalue weighted by atomic mass is 127. The molecular weight excluding hydrogens is 435 g/mol. The third kappa shape index (κ3) is 6.74. The fraction of sp³-hybridized carbons (Fsp3) is 0.412. The van der Waals surface area contributed by atoms with Crippen LogP contribution < -0.4 is 10.6 Å². The predicted octanol–water partition coefficient (Wildman–Crippen LogP) is 2.86. The number of guanidine groups is 1. The van der Waals surface area contributed by atoms with Gasteiger partial charge in [0.15, 0.2) is 5.96 Å². The first kappa shape index (κ1) is 20.9.